The van der Waals surface area contributed by atoms with E-state index in [1.165, 1.54) is 24.8 Å². The molecule has 120 valence electrons. The Morgan fingerprint density at radius 1 is 1.18 bits per heavy atom. The molecule has 1 saturated carbocycles. The quantitative estimate of drug-likeness (QED) is 0.809. The molecule has 0 atom stereocenters. The normalized spacial score (nSPS) is 15.2. The van der Waals surface area contributed by atoms with Gasteiger partial charge >= 0.3 is 5.97 Å². The third-order valence-corrected chi connectivity index (χ3v) is 5.14. The van der Waals surface area contributed by atoms with Gasteiger partial charge in [0.25, 0.3) is 5.91 Å². The molecule has 1 aliphatic rings. The molecule has 0 aromatic heterocycles. The lowest BCUT2D eigenvalue weighted by molar-refractivity contribution is -0.149. The average Bonchev–Trinajstić information content (AvgIpc) is 2.47. The second kappa shape index (κ2) is 6.95. The summed E-state index contributed by atoms with van der Waals surface area (Å²) < 4.78 is 0. The smallest absolute Gasteiger partial charge is 0.311 e. The first-order chi connectivity index (χ1) is 10.5. The summed E-state index contributed by atoms with van der Waals surface area (Å²) in [4.78, 5) is 23.6. The van der Waals surface area contributed by atoms with Crippen LogP contribution < -0.4 is 5.32 Å². The molecular formula is C18H25NO3. The van der Waals surface area contributed by atoms with Crippen molar-refractivity contribution in [3.05, 3.63) is 35.4 Å². The van der Waals surface area contributed by atoms with Crippen molar-refractivity contribution in [3.8, 4) is 0 Å². The highest BCUT2D eigenvalue weighted by Crippen LogP contribution is 2.36. The van der Waals surface area contributed by atoms with Gasteiger partial charge in [-0.15, -0.1) is 0 Å². The summed E-state index contributed by atoms with van der Waals surface area (Å²) in [6.07, 6.45) is 4.76. The first-order valence-corrected chi connectivity index (χ1v) is 8.14. The monoisotopic (exact) mass is 303 g/mol. The Morgan fingerprint density at radius 2 is 1.77 bits per heavy atom. The van der Waals surface area contributed by atoms with E-state index in [0.29, 0.717) is 24.3 Å². The highest BCUT2D eigenvalue weighted by Gasteiger charge is 2.35. The summed E-state index contributed by atoms with van der Waals surface area (Å²) in [6.45, 7) is 3.85. The van der Waals surface area contributed by atoms with Crippen LogP contribution in [-0.2, 0) is 4.79 Å². The van der Waals surface area contributed by atoms with Gasteiger partial charge < -0.3 is 10.4 Å². The number of benzene rings is 1. The molecule has 0 spiro atoms. The van der Waals surface area contributed by atoms with Gasteiger partial charge in [0.05, 0.1) is 5.41 Å². The minimum Gasteiger partial charge on any atom is -0.481 e. The summed E-state index contributed by atoms with van der Waals surface area (Å²) in [5, 5.41) is 12.2. The van der Waals surface area contributed by atoms with Gasteiger partial charge in [0.2, 0.25) is 0 Å². The predicted octanol–water partition coefficient (Wildman–Crippen LogP) is 3.57. The highest BCUT2D eigenvalue weighted by molar-refractivity contribution is 5.94. The Balaban J connectivity index is 1.98. The van der Waals surface area contributed by atoms with E-state index in [0.717, 1.165) is 0 Å². The molecule has 22 heavy (non-hydrogen) atoms. The van der Waals surface area contributed by atoms with Crippen LogP contribution in [0, 0.1) is 5.41 Å². The van der Waals surface area contributed by atoms with E-state index in [4.69, 9.17) is 0 Å². The van der Waals surface area contributed by atoms with Crippen molar-refractivity contribution in [2.75, 3.05) is 6.54 Å². The number of rotatable bonds is 7. The molecule has 0 bridgehead atoms. The first-order valence-electron chi connectivity index (χ1n) is 8.14. The van der Waals surface area contributed by atoms with E-state index < -0.39 is 11.4 Å². The fourth-order valence-electron chi connectivity index (χ4n) is 2.88. The van der Waals surface area contributed by atoms with Crippen LogP contribution in [0.5, 0.6) is 0 Å². The SMILES string of the molecule is CCC(CC)(CNC(=O)c1ccc(C2CCC2)cc1)C(=O)O. The third kappa shape index (κ3) is 3.32. The summed E-state index contributed by atoms with van der Waals surface area (Å²) in [5.41, 5.74) is 1.01. The lowest BCUT2D eigenvalue weighted by Crippen LogP contribution is -2.42. The molecule has 0 heterocycles. The van der Waals surface area contributed by atoms with Crippen molar-refractivity contribution < 1.29 is 14.7 Å². The number of carboxylic acids is 1. The minimum atomic E-state index is -0.873. The van der Waals surface area contributed by atoms with Crippen molar-refractivity contribution in [1.29, 1.82) is 0 Å². The Labute approximate surface area is 131 Å². The van der Waals surface area contributed by atoms with Crippen LogP contribution >= 0.6 is 0 Å². The molecule has 1 aromatic rings. The molecule has 0 aliphatic heterocycles. The fourth-order valence-corrected chi connectivity index (χ4v) is 2.88. The molecule has 0 unspecified atom stereocenters. The molecule has 1 aromatic carbocycles. The Kier molecular flexibility index (Phi) is 5.22. The second-order valence-corrected chi connectivity index (χ2v) is 6.23. The zero-order valence-electron chi connectivity index (χ0n) is 13.4. The van der Waals surface area contributed by atoms with Crippen LogP contribution in [0.15, 0.2) is 24.3 Å². The third-order valence-electron chi connectivity index (χ3n) is 5.14. The molecule has 2 rings (SSSR count). The van der Waals surface area contributed by atoms with E-state index in [2.05, 4.69) is 5.32 Å². The number of nitrogens with one attached hydrogen (secondary N) is 1. The van der Waals surface area contributed by atoms with Gasteiger partial charge in [-0.25, -0.2) is 0 Å². The van der Waals surface area contributed by atoms with E-state index in [1.807, 2.05) is 38.1 Å². The van der Waals surface area contributed by atoms with E-state index in [1.54, 1.807) is 0 Å². The molecule has 2 N–H and O–H groups in total. The number of hydrogen-bond donors (Lipinski definition) is 2. The molecule has 4 nitrogen and oxygen atoms in total. The second-order valence-electron chi connectivity index (χ2n) is 6.23. The van der Waals surface area contributed by atoms with Crippen LogP contribution in [0.4, 0.5) is 0 Å². The summed E-state index contributed by atoms with van der Waals surface area (Å²) in [6, 6.07) is 7.71. The van der Waals surface area contributed by atoms with Crippen LogP contribution in [0.2, 0.25) is 0 Å². The fraction of sp³-hybridized carbons (Fsp3) is 0.556. The van der Waals surface area contributed by atoms with Crippen molar-refractivity contribution in [2.24, 2.45) is 5.41 Å². The molecule has 4 heteroatoms. The molecule has 1 amide bonds. The average molecular weight is 303 g/mol. The van der Waals surface area contributed by atoms with Crippen LogP contribution in [-0.4, -0.2) is 23.5 Å². The van der Waals surface area contributed by atoms with Gasteiger partial charge in [-0.2, -0.15) is 0 Å². The number of carbonyl (C=O) groups is 2. The van der Waals surface area contributed by atoms with Gasteiger partial charge in [0, 0.05) is 12.1 Å². The Bertz CT molecular complexity index is 528. The molecule has 1 aliphatic carbocycles. The number of amides is 1. The summed E-state index contributed by atoms with van der Waals surface area (Å²) in [5.74, 6) is -0.400. The minimum absolute atomic E-state index is 0.165. The lowest BCUT2D eigenvalue weighted by Gasteiger charge is -2.27. The summed E-state index contributed by atoms with van der Waals surface area (Å²) in [7, 11) is 0. The number of aliphatic carboxylic acids is 1. The van der Waals surface area contributed by atoms with Gasteiger partial charge in [-0.1, -0.05) is 32.4 Å². The Hall–Kier alpha value is -1.84. The predicted molar refractivity (Wildman–Crippen MR) is 86.0 cm³/mol. The van der Waals surface area contributed by atoms with Gasteiger partial charge in [-0.05, 0) is 49.3 Å². The lowest BCUT2D eigenvalue weighted by atomic mass is 9.80. The standard InChI is InChI=1S/C18H25NO3/c1-3-18(4-2,17(21)22)12-19-16(20)15-10-8-14(9-11-15)13-6-5-7-13/h8-11,13H,3-7,12H2,1-2H3,(H,19,20)(H,21,22). The summed E-state index contributed by atoms with van der Waals surface area (Å²) >= 11 is 0. The zero-order chi connectivity index (χ0) is 16.2. The van der Waals surface area contributed by atoms with Gasteiger partial charge in [-0.3, -0.25) is 9.59 Å². The van der Waals surface area contributed by atoms with Crippen molar-refractivity contribution in [2.45, 2.75) is 51.9 Å². The molecule has 0 radical (unpaired) electrons. The maximum atomic E-state index is 12.2. The van der Waals surface area contributed by atoms with Crippen LogP contribution in [0.25, 0.3) is 0 Å². The van der Waals surface area contributed by atoms with E-state index in [9.17, 15) is 14.7 Å². The highest BCUT2D eigenvalue weighted by atomic mass is 16.4. The van der Waals surface area contributed by atoms with Crippen molar-refractivity contribution >= 4 is 11.9 Å². The van der Waals surface area contributed by atoms with Crippen molar-refractivity contribution in [3.63, 3.8) is 0 Å². The van der Waals surface area contributed by atoms with Crippen molar-refractivity contribution in [1.82, 2.24) is 5.32 Å². The molecule has 1 fully saturated rings. The van der Waals surface area contributed by atoms with Gasteiger partial charge in [0.1, 0.15) is 0 Å². The maximum Gasteiger partial charge on any atom is 0.311 e. The zero-order valence-corrected chi connectivity index (χ0v) is 13.4. The van der Waals surface area contributed by atoms with E-state index >= 15 is 0 Å². The van der Waals surface area contributed by atoms with Gasteiger partial charge in [0.15, 0.2) is 0 Å². The number of hydrogen-bond acceptors (Lipinski definition) is 2. The van der Waals surface area contributed by atoms with Crippen LogP contribution in [0.3, 0.4) is 0 Å². The molecule has 0 saturated heterocycles. The molecular weight excluding hydrogens is 278 g/mol. The first kappa shape index (κ1) is 16.5. The largest absolute Gasteiger partial charge is 0.481 e. The number of carbonyl (C=O) groups excluding carboxylic acids is 1. The Morgan fingerprint density at radius 3 is 2.18 bits per heavy atom. The topological polar surface area (TPSA) is 66.4 Å². The van der Waals surface area contributed by atoms with E-state index in [-0.39, 0.29) is 12.5 Å². The maximum absolute atomic E-state index is 12.2. The number of carboxylic acid groups (broad SMARTS) is 1. The van der Waals surface area contributed by atoms with Crippen LogP contribution in [0.1, 0.15) is 67.8 Å².